The van der Waals surface area contributed by atoms with Gasteiger partial charge in [0.1, 0.15) is 6.04 Å². The quantitative estimate of drug-likeness (QED) is 0.511. The molecule has 2 N–H and O–H groups in total. The Labute approximate surface area is 76.8 Å². The van der Waals surface area contributed by atoms with Crippen molar-refractivity contribution in [3.05, 3.63) is 12.7 Å². The first-order valence-corrected chi connectivity index (χ1v) is 4.41. The van der Waals surface area contributed by atoms with Crippen LogP contribution in [0.25, 0.3) is 0 Å². The van der Waals surface area contributed by atoms with E-state index in [4.69, 9.17) is 5.73 Å². The Kier molecular flexibility index (Phi) is 5.79. The number of unbranched alkanes of at least 4 members (excludes halogenated alkanes) is 3. The number of hydrogen-bond acceptors (Lipinski definition) is 1. The van der Waals surface area contributed by atoms with Crippen molar-refractivity contribution in [1.82, 2.24) is 0 Å². The van der Waals surface area contributed by atoms with Crippen LogP contribution in [0.15, 0.2) is 12.7 Å². The first-order valence-electron chi connectivity index (χ1n) is 4.41. The molecule has 0 amide bonds. The molecule has 0 aliphatic carbocycles. The van der Waals surface area contributed by atoms with E-state index in [0.29, 0.717) is 6.42 Å². The molecule has 1 atom stereocenters. The van der Waals surface area contributed by atoms with Crippen molar-refractivity contribution in [2.24, 2.45) is 5.73 Å². The second kappa shape index (κ2) is 6.02. The van der Waals surface area contributed by atoms with Crippen LogP contribution in [-0.2, 0) is 0 Å². The fourth-order valence-corrected chi connectivity index (χ4v) is 0.993. The summed E-state index contributed by atoms with van der Waals surface area (Å²) in [4.78, 5) is 0. The van der Waals surface area contributed by atoms with Gasteiger partial charge in [-0.1, -0.05) is 18.9 Å². The van der Waals surface area contributed by atoms with Crippen molar-refractivity contribution >= 4 is 0 Å². The second-order valence-corrected chi connectivity index (χ2v) is 3.07. The molecule has 13 heavy (non-hydrogen) atoms. The highest BCUT2D eigenvalue weighted by molar-refractivity contribution is 4.71. The summed E-state index contributed by atoms with van der Waals surface area (Å²) in [6, 6.07) is -1.66. The lowest BCUT2D eigenvalue weighted by Gasteiger charge is -2.14. The largest absolute Gasteiger partial charge is 0.403 e. The molecule has 1 nitrogen and oxygen atoms in total. The molecule has 4 heteroatoms. The number of rotatable bonds is 6. The van der Waals surface area contributed by atoms with Gasteiger partial charge in [-0.05, 0) is 19.3 Å². The molecule has 0 aliphatic heterocycles. The van der Waals surface area contributed by atoms with Gasteiger partial charge in [-0.3, -0.25) is 0 Å². The minimum atomic E-state index is -4.24. The van der Waals surface area contributed by atoms with Crippen molar-refractivity contribution in [1.29, 1.82) is 0 Å². The summed E-state index contributed by atoms with van der Waals surface area (Å²) >= 11 is 0. The highest BCUT2D eigenvalue weighted by Gasteiger charge is 2.35. The summed E-state index contributed by atoms with van der Waals surface area (Å²) in [5.41, 5.74) is 4.92. The number of nitrogens with two attached hydrogens (primary N) is 1. The Morgan fingerprint density at radius 1 is 1.23 bits per heavy atom. The normalized spacial score (nSPS) is 14.2. The lowest BCUT2D eigenvalue weighted by molar-refractivity contribution is -0.149. The van der Waals surface area contributed by atoms with Crippen molar-refractivity contribution < 1.29 is 13.2 Å². The first kappa shape index (κ1) is 12.5. The van der Waals surface area contributed by atoms with Gasteiger partial charge in [-0.25, -0.2) is 0 Å². The molecule has 0 saturated heterocycles. The third kappa shape index (κ3) is 6.63. The molecular formula is C9H16F3N. The van der Waals surface area contributed by atoms with Crippen molar-refractivity contribution in [3.8, 4) is 0 Å². The number of allylic oxidation sites excluding steroid dienone is 1. The Bertz CT molecular complexity index is 142. The van der Waals surface area contributed by atoms with Gasteiger partial charge >= 0.3 is 6.18 Å². The van der Waals surface area contributed by atoms with E-state index in [1.54, 1.807) is 6.08 Å². The highest BCUT2D eigenvalue weighted by Crippen LogP contribution is 2.22. The van der Waals surface area contributed by atoms with Crippen LogP contribution < -0.4 is 5.73 Å². The first-order chi connectivity index (χ1) is 5.98. The minimum absolute atomic E-state index is 0.0284. The lowest BCUT2D eigenvalue weighted by atomic mass is 10.1. The Morgan fingerprint density at radius 2 is 1.85 bits per heavy atom. The summed E-state index contributed by atoms with van der Waals surface area (Å²) in [6.45, 7) is 3.53. The molecule has 0 saturated carbocycles. The van der Waals surface area contributed by atoms with E-state index < -0.39 is 12.2 Å². The molecule has 0 heterocycles. The van der Waals surface area contributed by atoms with Crippen LogP contribution in [0.2, 0.25) is 0 Å². The van der Waals surface area contributed by atoms with E-state index in [1.165, 1.54) is 0 Å². The van der Waals surface area contributed by atoms with Gasteiger partial charge in [0, 0.05) is 0 Å². The molecular weight excluding hydrogens is 179 g/mol. The zero-order valence-electron chi connectivity index (χ0n) is 7.61. The van der Waals surface area contributed by atoms with Gasteiger partial charge in [0.25, 0.3) is 0 Å². The van der Waals surface area contributed by atoms with Gasteiger partial charge in [0.15, 0.2) is 0 Å². The maximum Gasteiger partial charge on any atom is 0.403 e. The van der Waals surface area contributed by atoms with Crippen LogP contribution in [-0.4, -0.2) is 12.2 Å². The molecule has 0 aromatic carbocycles. The summed E-state index contributed by atoms with van der Waals surface area (Å²) < 4.78 is 35.7. The Morgan fingerprint density at radius 3 is 2.31 bits per heavy atom. The smallest absolute Gasteiger partial charge is 0.320 e. The third-order valence-electron chi connectivity index (χ3n) is 1.84. The third-order valence-corrected chi connectivity index (χ3v) is 1.84. The fourth-order valence-electron chi connectivity index (χ4n) is 0.993. The van der Waals surface area contributed by atoms with Crippen LogP contribution in [0.5, 0.6) is 0 Å². The van der Waals surface area contributed by atoms with Crippen molar-refractivity contribution in [3.63, 3.8) is 0 Å². The van der Waals surface area contributed by atoms with Gasteiger partial charge in [-0.15, -0.1) is 6.58 Å². The number of hydrogen-bond donors (Lipinski definition) is 1. The monoisotopic (exact) mass is 195 g/mol. The summed E-state index contributed by atoms with van der Waals surface area (Å²) in [5, 5.41) is 0. The summed E-state index contributed by atoms with van der Waals surface area (Å²) in [6.07, 6.45) is 0.641. The van der Waals surface area contributed by atoms with Crippen LogP contribution in [0, 0.1) is 0 Å². The van der Waals surface area contributed by atoms with Crippen LogP contribution in [0.4, 0.5) is 13.2 Å². The maximum absolute atomic E-state index is 11.9. The standard InChI is InChI=1S/C9H16F3N/c1-2-3-4-5-6-7-8(13)9(10,11)12/h2,8H,1,3-7,13H2. The van der Waals surface area contributed by atoms with Crippen LogP contribution in [0.3, 0.4) is 0 Å². The van der Waals surface area contributed by atoms with Crippen molar-refractivity contribution in [2.45, 2.75) is 44.3 Å². The molecule has 0 radical (unpaired) electrons. The molecule has 1 unspecified atom stereocenters. The van der Waals surface area contributed by atoms with E-state index in [0.717, 1.165) is 19.3 Å². The van der Waals surface area contributed by atoms with Gasteiger partial charge in [-0.2, -0.15) is 13.2 Å². The zero-order valence-corrected chi connectivity index (χ0v) is 7.61. The molecule has 0 aromatic rings. The Hall–Kier alpha value is -0.510. The van der Waals surface area contributed by atoms with Crippen molar-refractivity contribution in [2.75, 3.05) is 0 Å². The number of halogens is 3. The van der Waals surface area contributed by atoms with E-state index in [2.05, 4.69) is 6.58 Å². The van der Waals surface area contributed by atoms with Gasteiger partial charge < -0.3 is 5.73 Å². The lowest BCUT2D eigenvalue weighted by Crippen LogP contribution is -2.37. The second-order valence-electron chi connectivity index (χ2n) is 3.07. The zero-order chi connectivity index (χ0) is 10.3. The van der Waals surface area contributed by atoms with E-state index >= 15 is 0 Å². The maximum atomic E-state index is 11.9. The van der Waals surface area contributed by atoms with Crippen LogP contribution >= 0.6 is 0 Å². The molecule has 0 spiro atoms. The minimum Gasteiger partial charge on any atom is -0.320 e. The SMILES string of the molecule is C=CCCCCCC(N)C(F)(F)F. The summed E-state index contributed by atoms with van der Waals surface area (Å²) in [5.74, 6) is 0. The fraction of sp³-hybridized carbons (Fsp3) is 0.778. The topological polar surface area (TPSA) is 26.0 Å². The average molecular weight is 195 g/mol. The highest BCUT2D eigenvalue weighted by atomic mass is 19.4. The summed E-state index contributed by atoms with van der Waals surface area (Å²) in [7, 11) is 0. The average Bonchev–Trinajstić information content (AvgIpc) is 2.02. The predicted molar refractivity (Wildman–Crippen MR) is 47.3 cm³/mol. The van der Waals surface area contributed by atoms with Gasteiger partial charge in [0.05, 0.1) is 0 Å². The Balaban J connectivity index is 3.37. The van der Waals surface area contributed by atoms with E-state index in [1.807, 2.05) is 0 Å². The van der Waals surface area contributed by atoms with Crippen LogP contribution in [0.1, 0.15) is 32.1 Å². The number of alkyl halides is 3. The molecule has 78 valence electrons. The molecule has 0 fully saturated rings. The van der Waals surface area contributed by atoms with Gasteiger partial charge in [0.2, 0.25) is 0 Å². The molecule has 0 aromatic heterocycles. The van der Waals surface area contributed by atoms with E-state index in [-0.39, 0.29) is 6.42 Å². The molecule has 0 rings (SSSR count). The van der Waals surface area contributed by atoms with E-state index in [9.17, 15) is 13.2 Å². The molecule has 0 bridgehead atoms. The predicted octanol–water partition coefficient (Wildman–Crippen LogP) is 3.01. The molecule has 0 aliphatic rings.